The van der Waals surface area contributed by atoms with Gasteiger partial charge in [-0.2, -0.15) is 0 Å². The fraction of sp³-hybridized carbons (Fsp3) is 0. The number of rotatable bonds is 3. The number of benzene rings is 1. The van der Waals surface area contributed by atoms with E-state index >= 15 is 0 Å². The molecule has 102 valence electrons. The Balaban J connectivity index is 2.24. The second-order valence-corrected chi connectivity index (χ2v) is 4.60. The second kappa shape index (κ2) is 5.74. The van der Waals surface area contributed by atoms with Crippen LogP contribution in [0, 0.1) is 15.9 Å². The van der Waals surface area contributed by atoms with Crippen molar-refractivity contribution in [3.63, 3.8) is 0 Å². The number of pyridine rings is 1. The number of aromatic nitrogens is 1. The lowest BCUT2D eigenvalue weighted by molar-refractivity contribution is -0.384. The minimum absolute atomic E-state index is 0.109. The van der Waals surface area contributed by atoms with Gasteiger partial charge >= 0.3 is 0 Å². The van der Waals surface area contributed by atoms with Gasteiger partial charge in [0.2, 0.25) is 0 Å². The van der Waals surface area contributed by atoms with Gasteiger partial charge in [0, 0.05) is 17.7 Å². The first-order valence-electron chi connectivity index (χ1n) is 5.34. The monoisotopic (exact) mass is 339 g/mol. The van der Waals surface area contributed by atoms with Gasteiger partial charge in [-0.25, -0.2) is 9.37 Å². The number of amides is 1. The summed E-state index contributed by atoms with van der Waals surface area (Å²) in [6, 6.07) is 6.41. The molecule has 0 saturated heterocycles. The highest BCUT2D eigenvalue weighted by molar-refractivity contribution is 9.10. The highest BCUT2D eigenvalue weighted by atomic mass is 79.9. The Labute approximate surface area is 120 Å². The van der Waals surface area contributed by atoms with Crippen LogP contribution in [0.25, 0.3) is 0 Å². The standard InChI is InChI=1S/C12H7BrFN3O3/c13-10-5-8(14)6-15-11(10)16-12(18)7-2-1-3-9(4-7)17(19)20/h1-6H,(H,15,16,18). The smallest absolute Gasteiger partial charge is 0.270 e. The molecule has 0 aliphatic heterocycles. The topological polar surface area (TPSA) is 85.1 Å². The molecule has 0 unspecified atom stereocenters. The summed E-state index contributed by atoms with van der Waals surface area (Å²) in [6.07, 6.45) is 0.952. The van der Waals surface area contributed by atoms with Gasteiger partial charge in [-0.3, -0.25) is 14.9 Å². The summed E-state index contributed by atoms with van der Waals surface area (Å²) in [5.41, 5.74) is -0.0824. The van der Waals surface area contributed by atoms with Gasteiger partial charge in [0.05, 0.1) is 15.6 Å². The Morgan fingerprint density at radius 2 is 2.15 bits per heavy atom. The number of nitrogens with one attached hydrogen (secondary N) is 1. The van der Waals surface area contributed by atoms with Crippen LogP contribution in [0.3, 0.4) is 0 Å². The third kappa shape index (κ3) is 3.15. The van der Waals surface area contributed by atoms with Crippen molar-refractivity contribution in [3.05, 3.63) is 62.5 Å². The van der Waals surface area contributed by atoms with Gasteiger partial charge in [-0.1, -0.05) is 6.07 Å². The fourth-order valence-electron chi connectivity index (χ4n) is 1.45. The number of carbonyl (C=O) groups excluding carboxylic acids is 1. The highest BCUT2D eigenvalue weighted by Crippen LogP contribution is 2.21. The summed E-state index contributed by atoms with van der Waals surface area (Å²) in [5, 5.41) is 13.1. The van der Waals surface area contributed by atoms with Crippen molar-refractivity contribution in [3.8, 4) is 0 Å². The molecule has 20 heavy (non-hydrogen) atoms. The molecular weight excluding hydrogens is 333 g/mol. The first-order chi connectivity index (χ1) is 9.47. The van der Waals surface area contributed by atoms with Crippen LogP contribution in [0.1, 0.15) is 10.4 Å². The first kappa shape index (κ1) is 14.1. The van der Waals surface area contributed by atoms with Crippen LogP contribution in [0.5, 0.6) is 0 Å². The summed E-state index contributed by atoms with van der Waals surface area (Å²) in [5.74, 6) is -0.998. The van der Waals surface area contributed by atoms with Crippen LogP contribution in [0.2, 0.25) is 0 Å². The van der Waals surface area contributed by atoms with Crippen LogP contribution in [0.4, 0.5) is 15.9 Å². The molecule has 1 N–H and O–H groups in total. The quantitative estimate of drug-likeness (QED) is 0.687. The number of halogens is 2. The average molecular weight is 340 g/mol. The molecule has 1 aromatic heterocycles. The van der Waals surface area contributed by atoms with E-state index in [1.54, 1.807) is 0 Å². The minimum atomic E-state index is -0.594. The molecule has 0 aliphatic rings. The van der Waals surface area contributed by atoms with Crippen molar-refractivity contribution in [1.82, 2.24) is 4.98 Å². The van der Waals surface area contributed by atoms with E-state index in [9.17, 15) is 19.3 Å². The van der Waals surface area contributed by atoms with E-state index < -0.39 is 16.6 Å². The molecule has 0 radical (unpaired) electrons. The molecule has 2 rings (SSSR count). The molecular formula is C12H7BrFN3O3. The van der Waals surface area contributed by atoms with Crippen LogP contribution in [-0.2, 0) is 0 Å². The van der Waals surface area contributed by atoms with Crippen molar-refractivity contribution < 1.29 is 14.1 Å². The molecule has 6 nitrogen and oxygen atoms in total. The predicted octanol–water partition coefficient (Wildman–Crippen LogP) is 3.14. The molecule has 1 heterocycles. The van der Waals surface area contributed by atoms with Crippen molar-refractivity contribution in [1.29, 1.82) is 0 Å². The Kier molecular flexibility index (Phi) is 4.04. The molecule has 2 aromatic rings. The van der Waals surface area contributed by atoms with Gasteiger partial charge in [0.1, 0.15) is 11.6 Å². The number of carbonyl (C=O) groups is 1. The molecule has 0 fully saturated rings. The van der Waals surface area contributed by atoms with Crippen LogP contribution in [-0.4, -0.2) is 15.8 Å². The predicted molar refractivity (Wildman–Crippen MR) is 72.9 cm³/mol. The number of hydrogen-bond acceptors (Lipinski definition) is 4. The summed E-state index contributed by atoms with van der Waals surface area (Å²) >= 11 is 3.06. The van der Waals surface area contributed by atoms with Crippen molar-refractivity contribution in [2.24, 2.45) is 0 Å². The van der Waals surface area contributed by atoms with Crippen molar-refractivity contribution >= 4 is 33.3 Å². The molecule has 0 atom stereocenters. The second-order valence-electron chi connectivity index (χ2n) is 3.75. The van der Waals surface area contributed by atoms with Crippen LogP contribution < -0.4 is 5.32 Å². The fourth-order valence-corrected chi connectivity index (χ4v) is 1.87. The maximum Gasteiger partial charge on any atom is 0.270 e. The Morgan fingerprint density at radius 1 is 1.40 bits per heavy atom. The normalized spacial score (nSPS) is 10.1. The zero-order valence-electron chi connectivity index (χ0n) is 9.84. The third-order valence-corrected chi connectivity index (χ3v) is 2.96. The first-order valence-corrected chi connectivity index (χ1v) is 6.13. The van der Waals surface area contributed by atoms with Gasteiger partial charge < -0.3 is 5.32 Å². The zero-order chi connectivity index (χ0) is 14.7. The zero-order valence-corrected chi connectivity index (χ0v) is 11.4. The lowest BCUT2D eigenvalue weighted by atomic mass is 10.2. The van der Waals surface area contributed by atoms with E-state index in [1.165, 1.54) is 18.2 Å². The Hall–Kier alpha value is -2.35. The number of nitro benzene ring substituents is 1. The van der Waals surface area contributed by atoms with Gasteiger partial charge in [0.15, 0.2) is 0 Å². The van der Waals surface area contributed by atoms with E-state index in [0.29, 0.717) is 0 Å². The maximum atomic E-state index is 12.9. The lowest BCUT2D eigenvalue weighted by Crippen LogP contribution is -2.13. The van der Waals surface area contributed by atoms with Crippen LogP contribution in [0.15, 0.2) is 41.0 Å². The van der Waals surface area contributed by atoms with Crippen molar-refractivity contribution in [2.75, 3.05) is 5.32 Å². The summed E-state index contributed by atoms with van der Waals surface area (Å²) in [6.45, 7) is 0. The van der Waals surface area contributed by atoms with Gasteiger partial charge in [-0.15, -0.1) is 0 Å². The number of non-ortho nitro benzene ring substituents is 1. The molecule has 1 aromatic carbocycles. The van der Waals surface area contributed by atoms with E-state index in [-0.39, 0.29) is 21.5 Å². The van der Waals surface area contributed by atoms with Crippen LogP contribution >= 0.6 is 15.9 Å². The Morgan fingerprint density at radius 3 is 2.80 bits per heavy atom. The van der Waals surface area contributed by atoms with E-state index in [4.69, 9.17) is 0 Å². The number of nitro groups is 1. The summed E-state index contributed by atoms with van der Waals surface area (Å²) < 4.78 is 13.1. The molecule has 0 spiro atoms. The SMILES string of the molecule is O=C(Nc1ncc(F)cc1Br)c1cccc([N+](=O)[O-])c1. The Bertz CT molecular complexity index is 693. The van der Waals surface area contributed by atoms with Crippen molar-refractivity contribution in [2.45, 2.75) is 0 Å². The maximum absolute atomic E-state index is 12.9. The molecule has 0 bridgehead atoms. The molecule has 0 aliphatic carbocycles. The average Bonchev–Trinajstić information content (AvgIpc) is 2.42. The minimum Gasteiger partial charge on any atom is -0.306 e. The van der Waals surface area contributed by atoms with Gasteiger partial charge in [0.25, 0.3) is 11.6 Å². The van der Waals surface area contributed by atoms with E-state index in [1.807, 2.05) is 0 Å². The molecule has 0 saturated carbocycles. The van der Waals surface area contributed by atoms with E-state index in [2.05, 4.69) is 26.2 Å². The highest BCUT2D eigenvalue weighted by Gasteiger charge is 2.13. The van der Waals surface area contributed by atoms with E-state index in [0.717, 1.165) is 18.3 Å². The number of hydrogen-bond donors (Lipinski definition) is 1. The van der Waals surface area contributed by atoms with Gasteiger partial charge in [-0.05, 0) is 28.1 Å². The molecule has 1 amide bonds. The largest absolute Gasteiger partial charge is 0.306 e. The molecule has 8 heteroatoms. The summed E-state index contributed by atoms with van der Waals surface area (Å²) in [4.78, 5) is 25.7. The number of nitrogens with zero attached hydrogens (tertiary/aromatic N) is 2. The lowest BCUT2D eigenvalue weighted by Gasteiger charge is -2.06. The third-order valence-electron chi connectivity index (χ3n) is 2.36. The number of anilines is 1. The summed E-state index contributed by atoms with van der Waals surface area (Å²) in [7, 11) is 0.